The summed E-state index contributed by atoms with van der Waals surface area (Å²) >= 11 is 0. The van der Waals surface area contributed by atoms with Gasteiger partial charge in [0, 0.05) is 17.4 Å². The second kappa shape index (κ2) is 6.78. The van der Waals surface area contributed by atoms with Crippen molar-refractivity contribution in [2.45, 2.75) is 4.90 Å². The van der Waals surface area contributed by atoms with Crippen LogP contribution in [-0.4, -0.2) is 29.2 Å². The Morgan fingerprint density at radius 3 is 2.61 bits per heavy atom. The molecule has 9 heteroatoms. The molecule has 2 aromatic carbocycles. The summed E-state index contributed by atoms with van der Waals surface area (Å²) < 4.78 is 27.5. The van der Waals surface area contributed by atoms with Crippen LogP contribution < -0.4 is 10.5 Å². The maximum Gasteiger partial charge on any atom is 0.261 e. The summed E-state index contributed by atoms with van der Waals surface area (Å²) in [6.07, 6.45) is 2.82. The molecule has 4 aromatic rings. The number of carbonyl (C=O) groups is 1. The number of fused-ring (bicyclic) bond motifs is 1. The summed E-state index contributed by atoms with van der Waals surface area (Å²) in [5, 5.41) is 0.433. The van der Waals surface area contributed by atoms with E-state index in [0.717, 1.165) is 0 Å². The minimum atomic E-state index is -3.76. The van der Waals surface area contributed by atoms with Gasteiger partial charge in [-0.05, 0) is 24.3 Å². The first kappa shape index (κ1) is 17.7. The standard InChI is InChI=1S/C19H15N5O3S/c20-18-16-15(10-21-19(16)23-11-22-18)17(25)12-5-4-6-13(9-12)24-28(26,27)14-7-2-1-3-8-14/h1-11,24H,(H3,20,21,22,23). The molecule has 0 aliphatic rings. The molecular formula is C19H15N5O3S. The number of nitrogens with one attached hydrogen (secondary N) is 2. The molecule has 2 aromatic heterocycles. The molecule has 8 nitrogen and oxygen atoms in total. The van der Waals surface area contributed by atoms with E-state index >= 15 is 0 Å². The maximum atomic E-state index is 13.0. The molecular weight excluding hydrogens is 378 g/mol. The molecule has 0 fully saturated rings. The van der Waals surface area contributed by atoms with E-state index in [1.165, 1.54) is 30.7 Å². The Morgan fingerprint density at radius 1 is 1.04 bits per heavy atom. The molecule has 0 unspecified atom stereocenters. The number of nitrogens with two attached hydrogens (primary N) is 1. The van der Waals surface area contributed by atoms with Gasteiger partial charge in [-0.3, -0.25) is 9.52 Å². The molecule has 0 aliphatic carbocycles. The molecule has 0 amide bonds. The van der Waals surface area contributed by atoms with Crippen molar-refractivity contribution in [3.63, 3.8) is 0 Å². The number of nitrogens with zero attached hydrogens (tertiary/aromatic N) is 2. The van der Waals surface area contributed by atoms with Crippen LogP contribution in [0, 0.1) is 0 Å². The monoisotopic (exact) mass is 393 g/mol. The molecule has 0 radical (unpaired) electrons. The third-order valence-electron chi connectivity index (χ3n) is 4.17. The topological polar surface area (TPSA) is 131 Å². The normalized spacial score (nSPS) is 11.4. The SMILES string of the molecule is Nc1ncnc2[nH]cc(C(=O)c3cccc(NS(=O)(=O)c4ccccc4)c3)c12. The number of aromatic nitrogens is 3. The lowest BCUT2D eigenvalue weighted by atomic mass is 10.0. The van der Waals surface area contributed by atoms with Crippen LogP contribution >= 0.6 is 0 Å². The van der Waals surface area contributed by atoms with E-state index in [1.807, 2.05) is 0 Å². The van der Waals surface area contributed by atoms with Gasteiger partial charge >= 0.3 is 0 Å². The lowest BCUT2D eigenvalue weighted by Gasteiger charge is -2.09. The Balaban J connectivity index is 1.68. The van der Waals surface area contributed by atoms with Crippen LogP contribution in [0.5, 0.6) is 0 Å². The Labute approximate surface area is 160 Å². The first-order valence-corrected chi connectivity index (χ1v) is 9.74. The van der Waals surface area contributed by atoms with Crippen molar-refractivity contribution >= 4 is 38.3 Å². The minimum absolute atomic E-state index is 0.133. The van der Waals surface area contributed by atoms with Gasteiger partial charge < -0.3 is 10.7 Å². The number of H-pyrrole nitrogens is 1. The highest BCUT2D eigenvalue weighted by Gasteiger charge is 2.19. The van der Waals surface area contributed by atoms with E-state index in [2.05, 4.69) is 19.7 Å². The van der Waals surface area contributed by atoms with Gasteiger partial charge in [-0.1, -0.05) is 30.3 Å². The van der Waals surface area contributed by atoms with Crippen molar-refractivity contribution in [3.05, 3.63) is 78.2 Å². The number of anilines is 2. The van der Waals surface area contributed by atoms with Crippen molar-refractivity contribution in [2.24, 2.45) is 0 Å². The van der Waals surface area contributed by atoms with E-state index in [9.17, 15) is 13.2 Å². The number of hydrogen-bond donors (Lipinski definition) is 3. The number of aromatic amines is 1. The summed E-state index contributed by atoms with van der Waals surface area (Å²) in [7, 11) is -3.76. The van der Waals surface area contributed by atoms with E-state index in [1.54, 1.807) is 36.4 Å². The summed E-state index contributed by atoms with van der Waals surface area (Å²) in [5.41, 5.74) is 7.23. The summed E-state index contributed by atoms with van der Waals surface area (Å²) in [6, 6.07) is 14.2. The summed E-state index contributed by atoms with van der Waals surface area (Å²) in [6.45, 7) is 0. The highest BCUT2D eigenvalue weighted by molar-refractivity contribution is 7.92. The van der Waals surface area contributed by atoms with E-state index < -0.39 is 10.0 Å². The van der Waals surface area contributed by atoms with Gasteiger partial charge in [0.15, 0.2) is 5.78 Å². The first-order valence-electron chi connectivity index (χ1n) is 8.26. The van der Waals surface area contributed by atoms with Crippen LogP contribution in [0.4, 0.5) is 11.5 Å². The smallest absolute Gasteiger partial charge is 0.261 e. The molecule has 140 valence electrons. The minimum Gasteiger partial charge on any atom is -0.383 e. The van der Waals surface area contributed by atoms with Gasteiger partial charge in [-0.15, -0.1) is 0 Å². The fourth-order valence-corrected chi connectivity index (χ4v) is 3.93. The first-order chi connectivity index (χ1) is 13.5. The van der Waals surface area contributed by atoms with Crippen LogP contribution in [-0.2, 0) is 10.0 Å². The molecule has 4 N–H and O–H groups in total. The average Bonchev–Trinajstić information content (AvgIpc) is 3.13. The van der Waals surface area contributed by atoms with Gasteiger partial charge in [0.1, 0.15) is 17.8 Å². The summed E-state index contributed by atoms with van der Waals surface area (Å²) in [4.78, 5) is 23.9. The highest BCUT2D eigenvalue weighted by Crippen LogP contribution is 2.25. The van der Waals surface area contributed by atoms with E-state index in [4.69, 9.17) is 5.73 Å². The number of rotatable bonds is 5. The van der Waals surface area contributed by atoms with Crippen LogP contribution in [0.25, 0.3) is 11.0 Å². The van der Waals surface area contributed by atoms with Gasteiger partial charge in [-0.2, -0.15) is 0 Å². The zero-order chi connectivity index (χ0) is 19.7. The molecule has 0 spiro atoms. The fraction of sp³-hybridized carbons (Fsp3) is 0. The fourth-order valence-electron chi connectivity index (χ4n) is 2.86. The van der Waals surface area contributed by atoms with Crippen molar-refractivity contribution < 1.29 is 13.2 Å². The van der Waals surface area contributed by atoms with Crippen molar-refractivity contribution in [1.82, 2.24) is 15.0 Å². The number of benzene rings is 2. The molecule has 0 saturated heterocycles. The third kappa shape index (κ3) is 3.19. The summed E-state index contributed by atoms with van der Waals surface area (Å²) in [5.74, 6) is -0.135. The third-order valence-corrected chi connectivity index (χ3v) is 5.57. The largest absolute Gasteiger partial charge is 0.383 e. The predicted octanol–water partition coefficient (Wildman–Crippen LogP) is 2.57. The van der Waals surface area contributed by atoms with Gasteiger partial charge in [0.25, 0.3) is 10.0 Å². The van der Waals surface area contributed by atoms with Crippen molar-refractivity contribution in [2.75, 3.05) is 10.5 Å². The van der Waals surface area contributed by atoms with Gasteiger partial charge in [0.05, 0.1) is 15.8 Å². The van der Waals surface area contributed by atoms with Crippen LogP contribution in [0.3, 0.4) is 0 Å². The van der Waals surface area contributed by atoms with E-state index in [0.29, 0.717) is 22.2 Å². The van der Waals surface area contributed by atoms with Crippen LogP contribution in [0.1, 0.15) is 15.9 Å². The molecule has 0 bridgehead atoms. The van der Waals surface area contributed by atoms with Gasteiger partial charge in [-0.25, -0.2) is 18.4 Å². The molecule has 0 atom stereocenters. The Morgan fingerprint density at radius 2 is 1.82 bits per heavy atom. The lowest BCUT2D eigenvalue weighted by molar-refractivity contribution is 0.104. The highest BCUT2D eigenvalue weighted by atomic mass is 32.2. The Hall–Kier alpha value is -3.72. The number of nitrogen functional groups attached to an aromatic ring is 1. The van der Waals surface area contributed by atoms with Gasteiger partial charge in [0.2, 0.25) is 0 Å². The zero-order valence-electron chi connectivity index (χ0n) is 14.5. The van der Waals surface area contributed by atoms with Crippen molar-refractivity contribution in [3.8, 4) is 0 Å². The quantitative estimate of drug-likeness (QED) is 0.447. The second-order valence-electron chi connectivity index (χ2n) is 6.01. The van der Waals surface area contributed by atoms with Crippen LogP contribution in [0.15, 0.2) is 72.0 Å². The van der Waals surface area contributed by atoms with E-state index in [-0.39, 0.29) is 22.2 Å². The Kier molecular flexibility index (Phi) is 4.28. The number of sulfonamides is 1. The second-order valence-corrected chi connectivity index (χ2v) is 7.70. The number of ketones is 1. The van der Waals surface area contributed by atoms with Crippen molar-refractivity contribution in [1.29, 1.82) is 0 Å². The lowest BCUT2D eigenvalue weighted by Crippen LogP contribution is -2.13. The van der Waals surface area contributed by atoms with Crippen LogP contribution in [0.2, 0.25) is 0 Å². The predicted molar refractivity (Wildman–Crippen MR) is 105 cm³/mol. The average molecular weight is 393 g/mol. The number of carbonyl (C=O) groups excluding carboxylic acids is 1. The maximum absolute atomic E-state index is 13.0. The number of hydrogen-bond acceptors (Lipinski definition) is 6. The molecule has 2 heterocycles. The molecule has 4 rings (SSSR count). The zero-order valence-corrected chi connectivity index (χ0v) is 15.3. The molecule has 0 saturated carbocycles. The Bertz CT molecular complexity index is 1280. The molecule has 0 aliphatic heterocycles. The molecule has 28 heavy (non-hydrogen) atoms.